The minimum absolute atomic E-state index is 0.873. The molecule has 0 aliphatic heterocycles. The van der Waals surface area contributed by atoms with Gasteiger partial charge in [-0.15, -0.1) is 0 Å². The van der Waals surface area contributed by atoms with Crippen LogP contribution in [0.15, 0.2) is 24.7 Å². The van der Waals surface area contributed by atoms with Crippen molar-refractivity contribution in [2.75, 3.05) is 6.54 Å². The fraction of sp³-hybridized carbons (Fsp3) is 0.500. The van der Waals surface area contributed by atoms with Crippen molar-refractivity contribution in [3.63, 3.8) is 0 Å². The van der Waals surface area contributed by atoms with Crippen molar-refractivity contribution < 1.29 is 0 Å². The zero-order chi connectivity index (χ0) is 12.1. The molecule has 0 saturated heterocycles. The van der Waals surface area contributed by atoms with Gasteiger partial charge in [0.25, 0.3) is 0 Å². The van der Waals surface area contributed by atoms with Crippen LogP contribution < -0.4 is 5.32 Å². The Morgan fingerprint density at radius 2 is 2.29 bits per heavy atom. The van der Waals surface area contributed by atoms with E-state index in [0.29, 0.717) is 0 Å². The molecule has 17 heavy (non-hydrogen) atoms. The van der Waals surface area contributed by atoms with E-state index in [2.05, 4.69) is 28.6 Å². The average Bonchev–Trinajstić information content (AvgIpc) is 2.93. The lowest BCUT2D eigenvalue weighted by Crippen LogP contribution is -2.20. The van der Waals surface area contributed by atoms with Gasteiger partial charge in [0.05, 0.1) is 12.2 Å². The monoisotopic (exact) mass is 233 g/mol. The van der Waals surface area contributed by atoms with Crippen molar-refractivity contribution in [1.82, 2.24) is 24.9 Å². The van der Waals surface area contributed by atoms with Crippen LogP contribution in [0, 0.1) is 0 Å². The highest BCUT2D eigenvalue weighted by Gasteiger charge is 2.04. The molecule has 0 fully saturated rings. The second-order valence-electron chi connectivity index (χ2n) is 4.07. The van der Waals surface area contributed by atoms with Gasteiger partial charge < -0.3 is 5.32 Å². The second-order valence-corrected chi connectivity index (χ2v) is 4.07. The fourth-order valence-corrected chi connectivity index (χ4v) is 1.88. The Hall–Kier alpha value is -1.62. The molecule has 0 unspecified atom stereocenters. The van der Waals surface area contributed by atoms with Crippen molar-refractivity contribution in [3.8, 4) is 0 Å². The molecule has 0 aliphatic carbocycles. The molecule has 1 N–H and O–H groups in total. The van der Waals surface area contributed by atoms with E-state index in [0.717, 1.165) is 26.1 Å². The average molecular weight is 233 g/mol. The number of aryl methyl sites for hydroxylation is 2. The van der Waals surface area contributed by atoms with E-state index in [1.54, 1.807) is 6.20 Å². The third kappa shape index (κ3) is 3.17. The van der Waals surface area contributed by atoms with Crippen LogP contribution in [0.25, 0.3) is 0 Å². The van der Waals surface area contributed by atoms with E-state index in [1.165, 1.54) is 11.3 Å². The lowest BCUT2D eigenvalue weighted by molar-refractivity contribution is 0.554. The molecule has 0 radical (unpaired) electrons. The second kappa shape index (κ2) is 5.63. The van der Waals surface area contributed by atoms with Crippen LogP contribution in [0.3, 0.4) is 0 Å². The maximum Gasteiger partial charge on any atom is 0.0666 e. The van der Waals surface area contributed by atoms with Crippen LogP contribution in [0.1, 0.15) is 18.2 Å². The predicted molar refractivity (Wildman–Crippen MR) is 66.5 cm³/mol. The lowest BCUT2D eigenvalue weighted by atomic mass is 10.2. The molecule has 0 aromatic carbocycles. The van der Waals surface area contributed by atoms with E-state index in [4.69, 9.17) is 0 Å². The van der Waals surface area contributed by atoms with Crippen LogP contribution in [-0.4, -0.2) is 26.1 Å². The first kappa shape index (κ1) is 11.9. The minimum atomic E-state index is 0.873. The molecular weight excluding hydrogens is 214 g/mol. The molecule has 5 nitrogen and oxygen atoms in total. The van der Waals surface area contributed by atoms with Crippen molar-refractivity contribution in [3.05, 3.63) is 35.9 Å². The highest BCUT2D eigenvalue weighted by molar-refractivity contribution is 5.16. The van der Waals surface area contributed by atoms with Gasteiger partial charge in [-0.3, -0.25) is 9.36 Å². The van der Waals surface area contributed by atoms with Gasteiger partial charge in [-0.05, 0) is 12.5 Å². The third-order valence-electron chi connectivity index (χ3n) is 2.72. The molecule has 2 aromatic heterocycles. The number of nitrogens with one attached hydrogen (secondary N) is 1. The smallest absolute Gasteiger partial charge is 0.0666 e. The molecular formula is C12H19N5. The lowest BCUT2D eigenvalue weighted by Gasteiger charge is -2.04. The van der Waals surface area contributed by atoms with Crippen molar-refractivity contribution in [2.24, 2.45) is 7.05 Å². The van der Waals surface area contributed by atoms with Gasteiger partial charge in [-0.1, -0.05) is 6.92 Å². The summed E-state index contributed by atoms with van der Waals surface area (Å²) in [5.41, 5.74) is 2.47. The van der Waals surface area contributed by atoms with Gasteiger partial charge in [-0.25, -0.2) is 0 Å². The third-order valence-corrected chi connectivity index (χ3v) is 2.72. The first-order valence-corrected chi connectivity index (χ1v) is 5.99. The summed E-state index contributed by atoms with van der Waals surface area (Å²) in [4.78, 5) is 0. The van der Waals surface area contributed by atoms with Crippen LogP contribution in [0.5, 0.6) is 0 Å². The Morgan fingerprint density at radius 1 is 1.41 bits per heavy atom. The molecule has 5 heteroatoms. The number of aromatic nitrogens is 4. The molecule has 0 atom stereocenters. The Morgan fingerprint density at radius 3 is 3.00 bits per heavy atom. The van der Waals surface area contributed by atoms with Gasteiger partial charge in [0.2, 0.25) is 0 Å². The highest BCUT2D eigenvalue weighted by Crippen LogP contribution is 2.06. The van der Waals surface area contributed by atoms with Gasteiger partial charge in [-0.2, -0.15) is 10.2 Å². The summed E-state index contributed by atoms with van der Waals surface area (Å²) in [7, 11) is 1.96. The summed E-state index contributed by atoms with van der Waals surface area (Å²) in [5.74, 6) is 0. The van der Waals surface area contributed by atoms with Gasteiger partial charge >= 0.3 is 0 Å². The first-order valence-electron chi connectivity index (χ1n) is 5.99. The SMILES string of the molecule is CCc1nn(C)cc1CNCCn1cccn1. The van der Waals surface area contributed by atoms with E-state index in [1.807, 2.05) is 28.7 Å². The van der Waals surface area contributed by atoms with E-state index >= 15 is 0 Å². The van der Waals surface area contributed by atoms with Crippen molar-refractivity contribution in [2.45, 2.75) is 26.4 Å². The largest absolute Gasteiger partial charge is 0.311 e. The predicted octanol–water partition coefficient (Wildman–Crippen LogP) is 0.969. The fourth-order valence-electron chi connectivity index (χ4n) is 1.88. The van der Waals surface area contributed by atoms with E-state index in [-0.39, 0.29) is 0 Å². The maximum absolute atomic E-state index is 4.42. The molecule has 0 spiro atoms. The molecule has 0 saturated carbocycles. The van der Waals surface area contributed by atoms with Crippen LogP contribution >= 0.6 is 0 Å². The zero-order valence-electron chi connectivity index (χ0n) is 10.4. The topological polar surface area (TPSA) is 47.7 Å². The zero-order valence-corrected chi connectivity index (χ0v) is 10.4. The Balaban J connectivity index is 1.77. The summed E-state index contributed by atoms with van der Waals surface area (Å²) in [5, 5.41) is 12.0. The van der Waals surface area contributed by atoms with Gasteiger partial charge in [0.1, 0.15) is 0 Å². The number of hydrogen-bond donors (Lipinski definition) is 1. The molecule has 2 aromatic rings. The van der Waals surface area contributed by atoms with E-state index in [9.17, 15) is 0 Å². The molecule has 92 valence electrons. The van der Waals surface area contributed by atoms with Crippen LogP contribution in [0.2, 0.25) is 0 Å². The Bertz CT molecular complexity index is 443. The van der Waals surface area contributed by atoms with Crippen molar-refractivity contribution in [1.29, 1.82) is 0 Å². The summed E-state index contributed by atoms with van der Waals surface area (Å²) in [6.07, 6.45) is 6.84. The molecule has 0 bridgehead atoms. The molecule has 0 amide bonds. The van der Waals surface area contributed by atoms with Crippen molar-refractivity contribution >= 4 is 0 Å². The van der Waals surface area contributed by atoms with Gasteiger partial charge in [0.15, 0.2) is 0 Å². The van der Waals surface area contributed by atoms with Gasteiger partial charge in [0, 0.05) is 44.3 Å². The van der Waals surface area contributed by atoms with E-state index < -0.39 is 0 Å². The normalized spacial score (nSPS) is 10.9. The number of rotatable bonds is 6. The first-order chi connectivity index (χ1) is 8.29. The minimum Gasteiger partial charge on any atom is -0.311 e. The summed E-state index contributed by atoms with van der Waals surface area (Å²) in [6, 6.07) is 1.94. The standard InChI is InChI=1S/C12H19N5/c1-3-12-11(10-16(2)15-12)9-13-6-8-17-7-4-5-14-17/h4-5,7,10,13H,3,6,8-9H2,1-2H3. The molecule has 0 aliphatic rings. The number of nitrogens with zero attached hydrogens (tertiary/aromatic N) is 4. The molecule has 2 rings (SSSR count). The summed E-state index contributed by atoms with van der Waals surface area (Å²) < 4.78 is 3.81. The Kier molecular flexibility index (Phi) is 3.93. The molecule has 2 heterocycles. The Labute approximate surface area is 101 Å². The number of hydrogen-bond acceptors (Lipinski definition) is 3. The highest BCUT2D eigenvalue weighted by atomic mass is 15.3. The van der Waals surface area contributed by atoms with Crippen LogP contribution in [0.4, 0.5) is 0 Å². The maximum atomic E-state index is 4.42. The summed E-state index contributed by atoms with van der Waals surface area (Å²) in [6.45, 7) is 4.82. The quantitative estimate of drug-likeness (QED) is 0.756. The summed E-state index contributed by atoms with van der Waals surface area (Å²) >= 11 is 0. The van der Waals surface area contributed by atoms with Crippen LogP contribution in [-0.2, 0) is 26.6 Å².